The van der Waals surface area contributed by atoms with Crippen LogP contribution in [0, 0.1) is 0 Å². The van der Waals surface area contributed by atoms with Gasteiger partial charge in [0.2, 0.25) is 0 Å². The smallest absolute Gasteiger partial charge is 0.0802 e. The van der Waals surface area contributed by atoms with Gasteiger partial charge in [-0.1, -0.05) is 48.3 Å². The highest BCUT2D eigenvalue weighted by Crippen LogP contribution is 2.19. The highest BCUT2D eigenvalue weighted by Gasteiger charge is 2.09. The lowest BCUT2D eigenvalue weighted by Crippen LogP contribution is -2.26. The SMILES string of the molecule is CCCCN(CC)CCC(O)c1ccc(Br)cc1. The fourth-order valence-electron chi connectivity index (χ4n) is 1.97. The number of hydrogen-bond acceptors (Lipinski definition) is 2. The Bertz CT molecular complexity index is 326. The quantitative estimate of drug-likeness (QED) is 0.784. The Morgan fingerprint density at radius 3 is 2.39 bits per heavy atom. The average Bonchev–Trinajstić information content (AvgIpc) is 2.39. The lowest BCUT2D eigenvalue weighted by molar-refractivity contribution is 0.143. The summed E-state index contributed by atoms with van der Waals surface area (Å²) in [6, 6.07) is 7.93. The van der Waals surface area contributed by atoms with Crippen molar-refractivity contribution in [2.75, 3.05) is 19.6 Å². The molecule has 0 amide bonds. The van der Waals surface area contributed by atoms with Crippen LogP contribution in [0.4, 0.5) is 0 Å². The summed E-state index contributed by atoms with van der Waals surface area (Å²) >= 11 is 3.41. The molecule has 1 rings (SSSR count). The van der Waals surface area contributed by atoms with Crippen LogP contribution in [0.1, 0.15) is 44.8 Å². The summed E-state index contributed by atoms with van der Waals surface area (Å²) in [5, 5.41) is 10.1. The van der Waals surface area contributed by atoms with Crippen LogP contribution in [0.5, 0.6) is 0 Å². The van der Waals surface area contributed by atoms with Gasteiger partial charge in [0.25, 0.3) is 0 Å². The first-order valence-electron chi connectivity index (χ1n) is 6.83. The maximum absolute atomic E-state index is 10.1. The number of aliphatic hydroxyl groups excluding tert-OH is 1. The van der Waals surface area contributed by atoms with E-state index in [2.05, 4.69) is 34.7 Å². The molecule has 0 aromatic heterocycles. The highest BCUT2D eigenvalue weighted by atomic mass is 79.9. The van der Waals surface area contributed by atoms with E-state index in [-0.39, 0.29) is 6.10 Å². The van der Waals surface area contributed by atoms with Crippen LogP contribution in [0.2, 0.25) is 0 Å². The summed E-state index contributed by atoms with van der Waals surface area (Å²) in [5.74, 6) is 0. The molecule has 0 bridgehead atoms. The zero-order valence-electron chi connectivity index (χ0n) is 11.4. The molecule has 1 unspecified atom stereocenters. The standard InChI is InChI=1S/C15H24BrNO/c1-3-5-11-17(4-2)12-10-15(18)13-6-8-14(16)9-7-13/h6-9,15,18H,3-5,10-12H2,1-2H3. The molecule has 1 atom stereocenters. The third kappa shape index (κ3) is 5.51. The Morgan fingerprint density at radius 2 is 1.83 bits per heavy atom. The summed E-state index contributed by atoms with van der Waals surface area (Å²) in [6.07, 6.45) is 2.92. The van der Waals surface area contributed by atoms with E-state index in [1.54, 1.807) is 0 Å². The fourth-order valence-corrected chi connectivity index (χ4v) is 2.23. The Kier molecular flexibility index (Phi) is 7.56. The largest absolute Gasteiger partial charge is 0.388 e. The van der Waals surface area contributed by atoms with Gasteiger partial charge in [-0.05, 0) is 43.6 Å². The highest BCUT2D eigenvalue weighted by molar-refractivity contribution is 9.10. The first-order valence-corrected chi connectivity index (χ1v) is 7.62. The van der Waals surface area contributed by atoms with Gasteiger partial charge >= 0.3 is 0 Å². The number of rotatable bonds is 8. The Labute approximate surface area is 119 Å². The minimum absolute atomic E-state index is 0.353. The number of aliphatic hydroxyl groups is 1. The zero-order valence-corrected chi connectivity index (χ0v) is 13.0. The van der Waals surface area contributed by atoms with Gasteiger partial charge in [-0.25, -0.2) is 0 Å². The molecule has 0 fully saturated rings. The van der Waals surface area contributed by atoms with Crippen LogP contribution in [0.15, 0.2) is 28.7 Å². The number of hydrogen-bond donors (Lipinski definition) is 1. The molecular formula is C15H24BrNO. The predicted molar refractivity (Wildman–Crippen MR) is 80.7 cm³/mol. The molecule has 1 N–H and O–H groups in total. The van der Waals surface area contributed by atoms with Gasteiger partial charge in [0.1, 0.15) is 0 Å². The second-order valence-corrected chi connectivity index (χ2v) is 5.56. The minimum Gasteiger partial charge on any atom is -0.388 e. The molecule has 0 aliphatic heterocycles. The molecule has 1 aromatic carbocycles. The van der Waals surface area contributed by atoms with Gasteiger partial charge in [-0.15, -0.1) is 0 Å². The van der Waals surface area contributed by atoms with Gasteiger partial charge in [0, 0.05) is 11.0 Å². The van der Waals surface area contributed by atoms with Crippen LogP contribution in [-0.2, 0) is 0 Å². The summed E-state index contributed by atoms with van der Waals surface area (Å²) < 4.78 is 1.05. The number of nitrogens with zero attached hydrogens (tertiary/aromatic N) is 1. The molecule has 0 heterocycles. The van der Waals surface area contributed by atoms with Crippen molar-refractivity contribution in [3.8, 4) is 0 Å². The molecule has 0 saturated carbocycles. The van der Waals surface area contributed by atoms with Crippen LogP contribution in [0.3, 0.4) is 0 Å². The van der Waals surface area contributed by atoms with Gasteiger partial charge in [-0.3, -0.25) is 0 Å². The molecule has 0 radical (unpaired) electrons. The van der Waals surface area contributed by atoms with Crippen molar-refractivity contribution in [1.82, 2.24) is 4.90 Å². The molecule has 0 aliphatic carbocycles. The molecule has 18 heavy (non-hydrogen) atoms. The van der Waals surface area contributed by atoms with E-state index in [9.17, 15) is 5.11 Å². The van der Waals surface area contributed by atoms with Gasteiger partial charge in [0.15, 0.2) is 0 Å². The Balaban J connectivity index is 2.39. The third-order valence-electron chi connectivity index (χ3n) is 3.25. The molecule has 102 valence electrons. The van der Waals surface area contributed by atoms with Crippen LogP contribution >= 0.6 is 15.9 Å². The molecule has 0 spiro atoms. The molecular weight excluding hydrogens is 290 g/mol. The maximum atomic E-state index is 10.1. The normalized spacial score (nSPS) is 12.9. The van der Waals surface area contributed by atoms with Gasteiger partial charge < -0.3 is 10.0 Å². The number of halogens is 1. The van der Waals surface area contributed by atoms with E-state index >= 15 is 0 Å². The predicted octanol–water partition coefficient (Wildman–Crippen LogP) is 3.99. The van der Waals surface area contributed by atoms with Crippen molar-refractivity contribution < 1.29 is 5.11 Å². The summed E-state index contributed by atoms with van der Waals surface area (Å²) in [4.78, 5) is 2.41. The number of benzene rings is 1. The maximum Gasteiger partial charge on any atom is 0.0802 e. The van der Waals surface area contributed by atoms with E-state index in [0.717, 1.165) is 36.1 Å². The summed E-state index contributed by atoms with van der Waals surface area (Å²) in [5.41, 5.74) is 1.00. The van der Waals surface area contributed by atoms with E-state index in [1.165, 1.54) is 12.8 Å². The minimum atomic E-state index is -0.353. The van der Waals surface area contributed by atoms with Crippen LogP contribution in [-0.4, -0.2) is 29.6 Å². The number of unbranched alkanes of at least 4 members (excludes halogenated alkanes) is 1. The van der Waals surface area contributed by atoms with Crippen LogP contribution < -0.4 is 0 Å². The van der Waals surface area contributed by atoms with Gasteiger partial charge in [0.05, 0.1) is 6.10 Å². The van der Waals surface area contributed by atoms with Crippen molar-refractivity contribution >= 4 is 15.9 Å². The second kappa shape index (κ2) is 8.68. The molecule has 0 aliphatic rings. The monoisotopic (exact) mass is 313 g/mol. The average molecular weight is 314 g/mol. The zero-order chi connectivity index (χ0) is 13.4. The lowest BCUT2D eigenvalue weighted by atomic mass is 10.1. The van der Waals surface area contributed by atoms with Gasteiger partial charge in [-0.2, -0.15) is 0 Å². The molecule has 1 aromatic rings. The van der Waals surface area contributed by atoms with E-state index < -0.39 is 0 Å². The van der Waals surface area contributed by atoms with E-state index in [4.69, 9.17) is 0 Å². The van der Waals surface area contributed by atoms with Crippen molar-refractivity contribution in [3.63, 3.8) is 0 Å². The first-order chi connectivity index (χ1) is 8.67. The van der Waals surface area contributed by atoms with Crippen molar-refractivity contribution in [3.05, 3.63) is 34.3 Å². The second-order valence-electron chi connectivity index (χ2n) is 4.64. The first kappa shape index (κ1) is 15.7. The van der Waals surface area contributed by atoms with Crippen molar-refractivity contribution in [2.45, 2.75) is 39.2 Å². The summed E-state index contributed by atoms with van der Waals surface area (Å²) in [6.45, 7) is 7.56. The molecule has 3 heteroatoms. The Hall–Kier alpha value is -0.380. The van der Waals surface area contributed by atoms with Crippen molar-refractivity contribution in [1.29, 1.82) is 0 Å². The third-order valence-corrected chi connectivity index (χ3v) is 3.78. The fraction of sp³-hybridized carbons (Fsp3) is 0.600. The lowest BCUT2D eigenvalue weighted by Gasteiger charge is -2.21. The van der Waals surface area contributed by atoms with E-state index in [0.29, 0.717) is 0 Å². The summed E-state index contributed by atoms with van der Waals surface area (Å²) in [7, 11) is 0. The Morgan fingerprint density at radius 1 is 1.17 bits per heavy atom. The van der Waals surface area contributed by atoms with E-state index in [1.807, 2.05) is 24.3 Å². The molecule has 0 saturated heterocycles. The topological polar surface area (TPSA) is 23.5 Å². The molecule has 2 nitrogen and oxygen atoms in total. The van der Waals surface area contributed by atoms with Crippen molar-refractivity contribution in [2.24, 2.45) is 0 Å². The van der Waals surface area contributed by atoms with Crippen LogP contribution in [0.25, 0.3) is 0 Å².